The van der Waals surface area contributed by atoms with Gasteiger partial charge in [-0.1, -0.05) is 5.16 Å². The summed E-state index contributed by atoms with van der Waals surface area (Å²) in [6.45, 7) is 1.61. The Labute approximate surface area is 103 Å². The number of aryl methyl sites for hydroxylation is 1. The van der Waals surface area contributed by atoms with Crippen LogP contribution in [0, 0.1) is 6.92 Å². The van der Waals surface area contributed by atoms with Crippen LogP contribution in [0.1, 0.15) is 16.5 Å². The topological polar surface area (TPSA) is 103 Å². The van der Waals surface area contributed by atoms with E-state index < -0.39 is 5.91 Å². The standard InChI is InChI=1S/C11H12N4O3/c1-6-13-10(15-18-6)11(16)14-7-3-4-9(17-2)8(12)5-7/h3-5H,12H2,1-2H3,(H,14,16). The fourth-order valence-corrected chi connectivity index (χ4v) is 1.39. The van der Waals surface area contributed by atoms with Gasteiger partial charge in [-0.15, -0.1) is 0 Å². The molecular weight excluding hydrogens is 236 g/mol. The van der Waals surface area contributed by atoms with Gasteiger partial charge < -0.3 is 20.3 Å². The van der Waals surface area contributed by atoms with E-state index in [9.17, 15) is 4.79 Å². The maximum Gasteiger partial charge on any atom is 0.297 e. The van der Waals surface area contributed by atoms with Gasteiger partial charge in [-0.25, -0.2) is 0 Å². The van der Waals surface area contributed by atoms with Crippen LogP contribution in [0.25, 0.3) is 0 Å². The van der Waals surface area contributed by atoms with Crippen molar-refractivity contribution in [1.82, 2.24) is 10.1 Å². The summed E-state index contributed by atoms with van der Waals surface area (Å²) in [5.41, 5.74) is 6.68. The Morgan fingerprint density at radius 2 is 2.28 bits per heavy atom. The van der Waals surface area contributed by atoms with E-state index in [2.05, 4.69) is 15.5 Å². The molecule has 7 nitrogen and oxygen atoms in total. The lowest BCUT2D eigenvalue weighted by Gasteiger charge is -2.07. The van der Waals surface area contributed by atoms with Gasteiger partial charge in [0.1, 0.15) is 5.75 Å². The Morgan fingerprint density at radius 1 is 1.50 bits per heavy atom. The number of carbonyl (C=O) groups excluding carboxylic acids is 1. The molecule has 2 aromatic rings. The van der Waals surface area contributed by atoms with Crippen LogP contribution < -0.4 is 15.8 Å². The van der Waals surface area contributed by atoms with Crippen LogP contribution >= 0.6 is 0 Å². The highest BCUT2D eigenvalue weighted by atomic mass is 16.5. The molecule has 7 heteroatoms. The van der Waals surface area contributed by atoms with E-state index in [0.717, 1.165) is 0 Å². The largest absolute Gasteiger partial charge is 0.495 e. The number of carbonyl (C=O) groups is 1. The van der Waals surface area contributed by atoms with Crippen molar-refractivity contribution < 1.29 is 14.1 Å². The number of methoxy groups -OCH3 is 1. The molecule has 1 aromatic heterocycles. The SMILES string of the molecule is COc1ccc(NC(=O)c2noc(C)n2)cc1N. The molecule has 18 heavy (non-hydrogen) atoms. The summed E-state index contributed by atoms with van der Waals surface area (Å²) in [5.74, 6) is 0.385. The number of ether oxygens (including phenoxy) is 1. The molecule has 0 radical (unpaired) electrons. The first-order valence-electron chi connectivity index (χ1n) is 5.15. The number of rotatable bonds is 3. The quantitative estimate of drug-likeness (QED) is 0.791. The minimum Gasteiger partial charge on any atom is -0.495 e. The van der Waals surface area contributed by atoms with Crippen LogP contribution in [0.3, 0.4) is 0 Å². The number of anilines is 2. The van der Waals surface area contributed by atoms with Gasteiger partial charge in [-0.2, -0.15) is 4.98 Å². The highest BCUT2D eigenvalue weighted by molar-refractivity contribution is 6.01. The maximum absolute atomic E-state index is 11.7. The Bertz CT molecular complexity index is 579. The van der Waals surface area contributed by atoms with Gasteiger partial charge in [0, 0.05) is 12.6 Å². The molecule has 0 aliphatic heterocycles. The van der Waals surface area contributed by atoms with Crippen LogP contribution in [-0.4, -0.2) is 23.2 Å². The highest BCUT2D eigenvalue weighted by Crippen LogP contribution is 2.24. The van der Waals surface area contributed by atoms with Gasteiger partial charge in [0.15, 0.2) is 0 Å². The van der Waals surface area contributed by atoms with Crippen molar-refractivity contribution in [3.05, 3.63) is 29.9 Å². The van der Waals surface area contributed by atoms with Crippen LogP contribution in [0.2, 0.25) is 0 Å². The molecule has 1 aromatic carbocycles. The zero-order valence-corrected chi connectivity index (χ0v) is 9.93. The van der Waals surface area contributed by atoms with E-state index in [1.165, 1.54) is 7.11 Å². The van der Waals surface area contributed by atoms with Gasteiger partial charge in [-0.05, 0) is 18.2 Å². The van der Waals surface area contributed by atoms with Crippen molar-refractivity contribution in [3.8, 4) is 5.75 Å². The van der Waals surface area contributed by atoms with Gasteiger partial charge in [0.05, 0.1) is 12.8 Å². The van der Waals surface area contributed by atoms with Crippen molar-refractivity contribution in [3.63, 3.8) is 0 Å². The van der Waals surface area contributed by atoms with Gasteiger partial charge in [0.2, 0.25) is 5.89 Å². The third-order valence-corrected chi connectivity index (χ3v) is 2.22. The minimum atomic E-state index is -0.462. The zero-order valence-electron chi connectivity index (χ0n) is 9.93. The maximum atomic E-state index is 11.7. The summed E-state index contributed by atoms with van der Waals surface area (Å²) >= 11 is 0. The first-order chi connectivity index (χ1) is 8.60. The second-order valence-corrected chi connectivity index (χ2v) is 3.55. The molecule has 0 saturated heterocycles. The fourth-order valence-electron chi connectivity index (χ4n) is 1.39. The first-order valence-corrected chi connectivity index (χ1v) is 5.15. The van der Waals surface area contributed by atoms with E-state index in [1.807, 2.05) is 0 Å². The van der Waals surface area contributed by atoms with E-state index >= 15 is 0 Å². The lowest BCUT2D eigenvalue weighted by atomic mass is 10.2. The van der Waals surface area contributed by atoms with Crippen LogP contribution in [0.15, 0.2) is 22.7 Å². The van der Waals surface area contributed by atoms with Crippen LogP contribution in [0.5, 0.6) is 5.75 Å². The zero-order chi connectivity index (χ0) is 13.1. The van der Waals surface area contributed by atoms with Crippen molar-refractivity contribution in [2.75, 3.05) is 18.2 Å². The molecule has 0 atom stereocenters. The number of aromatic nitrogens is 2. The van der Waals surface area contributed by atoms with E-state index in [1.54, 1.807) is 25.1 Å². The number of nitrogens with zero attached hydrogens (tertiary/aromatic N) is 2. The monoisotopic (exact) mass is 248 g/mol. The third kappa shape index (κ3) is 2.40. The number of nitrogens with two attached hydrogens (primary N) is 1. The smallest absolute Gasteiger partial charge is 0.297 e. The Morgan fingerprint density at radius 3 is 2.83 bits per heavy atom. The number of hydrogen-bond acceptors (Lipinski definition) is 6. The predicted octanol–water partition coefficient (Wildman–Crippen LogP) is 1.22. The second-order valence-electron chi connectivity index (χ2n) is 3.55. The van der Waals surface area contributed by atoms with Gasteiger partial charge >= 0.3 is 0 Å². The molecule has 3 N–H and O–H groups in total. The average molecular weight is 248 g/mol. The summed E-state index contributed by atoms with van der Waals surface area (Å²) < 4.78 is 9.73. The fraction of sp³-hybridized carbons (Fsp3) is 0.182. The van der Waals surface area contributed by atoms with Crippen molar-refractivity contribution in [2.45, 2.75) is 6.92 Å². The van der Waals surface area contributed by atoms with Crippen LogP contribution in [0.4, 0.5) is 11.4 Å². The molecule has 0 spiro atoms. The molecule has 0 aliphatic carbocycles. The number of benzene rings is 1. The summed E-state index contributed by atoms with van der Waals surface area (Å²) in [6, 6.07) is 4.91. The lowest BCUT2D eigenvalue weighted by Crippen LogP contribution is -2.13. The number of hydrogen-bond donors (Lipinski definition) is 2. The molecule has 2 rings (SSSR count). The van der Waals surface area contributed by atoms with E-state index in [4.69, 9.17) is 15.0 Å². The summed E-state index contributed by atoms with van der Waals surface area (Å²) in [4.78, 5) is 15.5. The van der Waals surface area contributed by atoms with Crippen molar-refractivity contribution in [1.29, 1.82) is 0 Å². The molecule has 0 unspecified atom stereocenters. The lowest BCUT2D eigenvalue weighted by molar-refractivity contribution is 0.101. The highest BCUT2D eigenvalue weighted by Gasteiger charge is 2.13. The third-order valence-electron chi connectivity index (χ3n) is 2.22. The summed E-state index contributed by atoms with van der Waals surface area (Å²) in [5, 5.41) is 6.12. The van der Waals surface area contributed by atoms with Crippen LogP contribution in [-0.2, 0) is 0 Å². The number of nitrogens with one attached hydrogen (secondary N) is 1. The Kier molecular flexibility index (Phi) is 3.13. The van der Waals surface area contributed by atoms with E-state index in [-0.39, 0.29) is 5.82 Å². The molecule has 0 aliphatic rings. The Hall–Kier alpha value is -2.57. The molecule has 0 saturated carbocycles. The Balaban J connectivity index is 2.14. The summed E-state index contributed by atoms with van der Waals surface area (Å²) in [6.07, 6.45) is 0. The average Bonchev–Trinajstić information content (AvgIpc) is 2.76. The molecule has 1 heterocycles. The number of nitrogen functional groups attached to an aromatic ring is 1. The van der Waals surface area contributed by atoms with Crippen molar-refractivity contribution >= 4 is 17.3 Å². The first kappa shape index (κ1) is 11.9. The minimum absolute atomic E-state index is 0.0260. The summed E-state index contributed by atoms with van der Waals surface area (Å²) in [7, 11) is 1.52. The second kappa shape index (κ2) is 4.74. The molecule has 0 bridgehead atoms. The van der Waals surface area contributed by atoms with Gasteiger partial charge in [-0.3, -0.25) is 4.79 Å². The molecule has 94 valence electrons. The van der Waals surface area contributed by atoms with Crippen molar-refractivity contribution in [2.24, 2.45) is 0 Å². The molecule has 0 fully saturated rings. The molecular formula is C11H12N4O3. The normalized spacial score (nSPS) is 10.1. The van der Waals surface area contributed by atoms with Gasteiger partial charge in [0.25, 0.3) is 11.7 Å². The number of amides is 1. The van der Waals surface area contributed by atoms with E-state index in [0.29, 0.717) is 23.0 Å². The predicted molar refractivity (Wildman–Crippen MR) is 64.4 cm³/mol. The molecule has 1 amide bonds.